The van der Waals surface area contributed by atoms with Gasteiger partial charge in [0.1, 0.15) is 5.75 Å². The van der Waals surface area contributed by atoms with E-state index in [1.165, 1.54) is 0 Å². The van der Waals surface area contributed by atoms with Gasteiger partial charge in [-0.25, -0.2) is 0 Å². The maximum Gasteiger partial charge on any atom is 0.322 e. The molecule has 0 saturated carbocycles. The molecule has 6 nitrogen and oxygen atoms in total. The van der Waals surface area contributed by atoms with Crippen LogP contribution in [0.2, 0.25) is 0 Å². The van der Waals surface area contributed by atoms with Gasteiger partial charge in [-0.15, -0.1) is 0 Å². The zero-order chi connectivity index (χ0) is 16.9. The van der Waals surface area contributed by atoms with Gasteiger partial charge in [0.25, 0.3) is 0 Å². The molecule has 0 radical (unpaired) electrons. The van der Waals surface area contributed by atoms with Gasteiger partial charge in [-0.3, -0.25) is 0 Å². The molecule has 120 valence electrons. The van der Waals surface area contributed by atoms with E-state index in [-0.39, 0.29) is 6.04 Å². The predicted molar refractivity (Wildman–Crippen MR) is 89.5 cm³/mol. The highest BCUT2D eigenvalue weighted by Crippen LogP contribution is 2.24. The van der Waals surface area contributed by atoms with Gasteiger partial charge in [0.05, 0.1) is 24.8 Å². The molecule has 0 aliphatic rings. The fourth-order valence-corrected chi connectivity index (χ4v) is 2.31. The van der Waals surface area contributed by atoms with Crippen LogP contribution in [0, 0.1) is 11.3 Å². The van der Waals surface area contributed by atoms with E-state index >= 15 is 0 Å². The Morgan fingerprint density at radius 1 is 1.21 bits per heavy atom. The third-order valence-electron chi connectivity index (χ3n) is 3.61. The second-order valence-electron chi connectivity index (χ2n) is 5.26. The van der Waals surface area contributed by atoms with Crippen molar-refractivity contribution < 1.29 is 9.26 Å². The molecule has 2 aromatic carbocycles. The smallest absolute Gasteiger partial charge is 0.322 e. The minimum absolute atomic E-state index is 0.0723. The molecule has 0 spiro atoms. The summed E-state index contributed by atoms with van der Waals surface area (Å²) in [6, 6.07) is 17.2. The molecule has 1 unspecified atom stereocenters. The summed E-state index contributed by atoms with van der Waals surface area (Å²) in [6.07, 6.45) is 0. The summed E-state index contributed by atoms with van der Waals surface area (Å²) in [6.45, 7) is 1.96. The number of aromatic nitrogens is 2. The lowest BCUT2D eigenvalue weighted by molar-refractivity contribution is 0.414. The summed E-state index contributed by atoms with van der Waals surface area (Å²) in [7, 11) is 1.61. The highest BCUT2D eigenvalue weighted by atomic mass is 16.5. The second kappa shape index (κ2) is 6.84. The molecular weight excluding hydrogens is 304 g/mol. The Morgan fingerprint density at radius 3 is 2.83 bits per heavy atom. The number of nitrogens with one attached hydrogen (secondary N) is 1. The van der Waals surface area contributed by atoms with Crippen molar-refractivity contribution in [3.05, 3.63) is 59.7 Å². The molecule has 1 heterocycles. The fourth-order valence-electron chi connectivity index (χ4n) is 2.31. The summed E-state index contributed by atoms with van der Waals surface area (Å²) < 4.78 is 10.5. The highest BCUT2D eigenvalue weighted by molar-refractivity contribution is 5.58. The lowest BCUT2D eigenvalue weighted by Gasteiger charge is -2.11. The average molecular weight is 320 g/mol. The van der Waals surface area contributed by atoms with Crippen LogP contribution in [0.15, 0.2) is 53.1 Å². The summed E-state index contributed by atoms with van der Waals surface area (Å²) in [5, 5.41) is 16.1. The first-order valence-electron chi connectivity index (χ1n) is 7.44. The van der Waals surface area contributed by atoms with Crippen LogP contribution in [-0.2, 0) is 0 Å². The third-order valence-corrected chi connectivity index (χ3v) is 3.61. The van der Waals surface area contributed by atoms with Crippen LogP contribution in [0.4, 0.5) is 6.01 Å². The summed E-state index contributed by atoms with van der Waals surface area (Å²) in [4.78, 5) is 4.35. The lowest BCUT2D eigenvalue weighted by Crippen LogP contribution is -2.07. The van der Waals surface area contributed by atoms with E-state index in [0.717, 1.165) is 16.9 Å². The lowest BCUT2D eigenvalue weighted by atomic mass is 10.1. The Kier molecular flexibility index (Phi) is 4.43. The van der Waals surface area contributed by atoms with Crippen molar-refractivity contribution in [1.29, 1.82) is 5.26 Å². The van der Waals surface area contributed by atoms with E-state index in [0.29, 0.717) is 17.4 Å². The molecule has 1 N–H and O–H groups in total. The Hall–Kier alpha value is -3.33. The van der Waals surface area contributed by atoms with Crippen molar-refractivity contribution in [2.75, 3.05) is 12.4 Å². The molecule has 0 amide bonds. The normalized spacial score (nSPS) is 11.5. The number of nitrogens with zero attached hydrogens (tertiary/aromatic N) is 3. The molecule has 1 atom stereocenters. The van der Waals surface area contributed by atoms with Gasteiger partial charge in [-0.2, -0.15) is 10.2 Å². The molecule has 0 bridgehead atoms. The summed E-state index contributed by atoms with van der Waals surface area (Å²) in [5.74, 6) is 1.21. The number of rotatable bonds is 5. The quantitative estimate of drug-likeness (QED) is 0.770. The topological polar surface area (TPSA) is 84.0 Å². The minimum atomic E-state index is -0.0723. The standard InChI is InChI=1S/C18H16N4O2/c1-12(14-6-3-5-13(9-14)11-19)20-18-21-17(22-24-18)15-7-4-8-16(10-15)23-2/h3-10,12H,1-2H3,(H,20,21,22). The summed E-state index contributed by atoms with van der Waals surface area (Å²) >= 11 is 0. The van der Waals surface area contributed by atoms with E-state index in [9.17, 15) is 0 Å². The van der Waals surface area contributed by atoms with Gasteiger partial charge in [0, 0.05) is 5.56 Å². The molecule has 3 rings (SSSR count). The van der Waals surface area contributed by atoms with Gasteiger partial charge in [0.15, 0.2) is 0 Å². The number of methoxy groups -OCH3 is 1. The number of ether oxygens (including phenoxy) is 1. The minimum Gasteiger partial charge on any atom is -0.497 e. The van der Waals surface area contributed by atoms with Crippen molar-refractivity contribution in [3.63, 3.8) is 0 Å². The SMILES string of the molecule is COc1cccc(-c2noc(NC(C)c3cccc(C#N)c3)n2)c1. The molecular formula is C18H16N4O2. The van der Waals surface area contributed by atoms with Crippen LogP contribution in [0.25, 0.3) is 11.4 Å². The maximum atomic E-state index is 8.98. The van der Waals surface area contributed by atoms with Crippen molar-refractivity contribution in [3.8, 4) is 23.2 Å². The second-order valence-corrected chi connectivity index (χ2v) is 5.26. The number of anilines is 1. The van der Waals surface area contributed by atoms with Crippen molar-refractivity contribution in [1.82, 2.24) is 10.1 Å². The number of hydrogen-bond acceptors (Lipinski definition) is 6. The first-order chi connectivity index (χ1) is 11.7. The zero-order valence-electron chi connectivity index (χ0n) is 13.4. The Balaban J connectivity index is 1.77. The highest BCUT2D eigenvalue weighted by Gasteiger charge is 2.13. The van der Waals surface area contributed by atoms with Gasteiger partial charge in [-0.05, 0) is 36.8 Å². The molecule has 0 aliphatic carbocycles. The number of nitriles is 1. The first kappa shape index (κ1) is 15.6. The van der Waals surface area contributed by atoms with Crippen LogP contribution in [-0.4, -0.2) is 17.3 Å². The fraction of sp³-hybridized carbons (Fsp3) is 0.167. The van der Waals surface area contributed by atoms with E-state index in [1.54, 1.807) is 13.2 Å². The molecule has 1 aromatic heterocycles. The van der Waals surface area contributed by atoms with Crippen LogP contribution in [0.3, 0.4) is 0 Å². The Labute approximate surface area is 139 Å². The van der Waals surface area contributed by atoms with Gasteiger partial charge in [0.2, 0.25) is 5.82 Å². The largest absolute Gasteiger partial charge is 0.497 e. The van der Waals surface area contributed by atoms with Crippen LogP contribution < -0.4 is 10.1 Å². The van der Waals surface area contributed by atoms with Crippen LogP contribution in [0.5, 0.6) is 5.75 Å². The van der Waals surface area contributed by atoms with E-state index in [4.69, 9.17) is 14.5 Å². The van der Waals surface area contributed by atoms with E-state index in [1.807, 2.05) is 49.4 Å². The van der Waals surface area contributed by atoms with Crippen LogP contribution in [0.1, 0.15) is 24.1 Å². The Bertz CT molecular complexity index is 882. The van der Waals surface area contributed by atoms with E-state index < -0.39 is 0 Å². The van der Waals surface area contributed by atoms with Crippen molar-refractivity contribution in [2.45, 2.75) is 13.0 Å². The monoisotopic (exact) mass is 320 g/mol. The van der Waals surface area contributed by atoms with Gasteiger partial charge < -0.3 is 14.6 Å². The Morgan fingerprint density at radius 2 is 2.04 bits per heavy atom. The van der Waals surface area contributed by atoms with Gasteiger partial charge >= 0.3 is 6.01 Å². The van der Waals surface area contributed by atoms with Gasteiger partial charge in [-0.1, -0.05) is 29.4 Å². The van der Waals surface area contributed by atoms with Crippen molar-refractivity contribution in [2.24, 2.45) is 0 Å². The molecule has 24 heavy (non-hydrogen) atoms. The molecule has 3 aromatic rings. The maximum absolute atomic E-state index is 8.98. The molecule has 0 fully saturated rings. The molecule has 0 saturated heterocycles. The number of hydrogen-bond donors (Lipinski definition) is 1. The van der Waals surface area contributed by atoms with Crippen LogP contribution >= 0.6 is 0 Å². The van der Waals surface area contributed by atoms with Crippen molar-refractivity contribution >= 4 is 6.01 Å². The molecule has 6 heteroatoms. The summed E-state index contributed by atoms with van der Waals surface area (Å²) in [5.41, 5.74) is 2.39. The van der Waals surface area contributed by atoms with E-state index in [2.05, 4.69) is 21.5 Å². The average Bonchev–Trinajstić information content (AvgIpc) is 3.10. The first-order valence-corrected chi connectivity index (χ1v) is 7.44. The predicted octanol–water partition coefficient (Wildman–Crippen LogP) is 3.79. The number of benzene rings is 2. The molecule has 0 aliphatic heterocycles. The third kappa shape index (κ3) is 3.36. The zero-order valence-corrected chi connectivity index (χ0v) is 13.4.